The first-order chi connectivity index (χ1) is 11.4. The lowest BCUT2D eigenvalue weighted by atomic mass is 10.1. The van der Waals surface area contributed by atoms with Crippen molar-refractivity contribution in [2.45, 2.75) is 32.7 Å². The van der Waals surface area contributed by atoms with Crippen LogP contribution in [0.1, 0.15) is 37.2 Å². The van der Waals surface area contributed by atoms with Gasteiger partial charge in [-0.05, 0) is 19.4 Å². The lowest BCUT2D eigenvalue weighted by molar-refractivity contribution is -0.124. The lowest BCUT2D eigenvalue weighted by Crippen LogP contribution is -2.36. The molecule has 2 rings (SSSR count). The third kappa shape index (κ3) is 3.98. The molecule has 0 saturated heterocycles. The van der Waals surface area contributed by atoms with E-state index in [2.05, 4.69) is 10.4 Å². The maximum atomic E-state index is 12.3. The highest BCUT2D eigenvalue weighted by Crippen LogP contribution is 2.13. The van der Waals surface area contributed by atoms with Gasteiger partial charge in [-0.1, -0.05) is 31.5 Å². The van der Waals surface area contributed by atoms with Crippen LogP contribution < -0.4 is 10.9 Å². The number of hydrogen-bond acceptors (Lipinski definition) is 5. The Balaban J connectivity index is 2.14. The molecule has 1 atom stereocenters. The summed E-state index contributed by atoms with van der Waals surface area (Å²) in [5.41, 5.74) is -0.282. The number of esters is 1. The average molecular weight is 331 g/mol. The first kappa shape index (κ1) is 17.7. The van der Waals surface area contributed by atoms with Crippen LogP contribution in [-0.2, 0) is 16.6 Å². The van der Waals surface area contributed by atoms with E-state index < -0.39 is 5.97 Å². The van der Waals surface area contributed by atoms with E-state index in [1.807, 2.05) is 13.8 Å². The molecule has 0 bridgehead atoms. The molecular weight excluding hydrogens is 310 g/mol. The predicted octanol–water partition coefficient (Wildman–Crippen LogP) is 1.40. The van der Waals surface area contributed by atoms with Gasteiger partial charge in [0.05, 0.1) is 5.39 Å². The summed E-state index contributed by atoms with van der Waals surface area (Å²) in [5.74, 6) is -1.10. The van der Waals surface area contributed by atoms with Gasteiger partial charge in [-0.2, -0.15) is 5.10 Å². The van der Waals surface area contributed by atoms with Crippen molar-refractivity contribution in [3.05, 3.63) is 40.3 Å². The molecule has 1 amide bonds. The van der Waals surface area contributed by atoms with Crippen molar-refractivity contribution in [3.63, 3.8) is 0 Å². The first-order valence-electron chi connectivity index (χ1n) is 7.86. The molecular formula is C17H21N3O4. The van der Waals surface area contributed by atoms with Crippen molar-refractivity contribution in [1.29, 1.82) is 0 Å². The van der Waals surface area contributed by atoms with E-state index in [0.29, 0.717) is 10.8 Å². The molecule has 0 unspecified atom stereocenters. The summed E-state index contributed by atoms with van der Waals surface area (Å²) in [6.07, 6.45) is 1.81. The predicted molar refractivity (Wildman–Crippen MR) is 89.8 cm³/mol. The molecule has 7 nitrogen and oxygen atoms in total. The largest absolute Gasteiger partial charge is 0.451 e. The van der Waals surface area contributed by atoms with E-state index in [0.717, 1.165) is 17.5 Å². The quantitative estimate of drug-likeness (QED) is 0.808. The van der Waals surface area contributed by atoms with Crippen molar-refractivity contribution in [2.75, 3.05) is 6.61 Å². The smallest absolute Gasteiger partial charge is 0.359 e. The molecule has 7 heteroatoms. The number of ether oxygens (including phenoxy) is 1. The van der Waals surface area contributed by atoms with E-state index in [1.165, 1.54) is 7.05 Å². The molecule has 1 aromatic heterocycles. The van der Waals surface area contributed by atoms with Gasteiger partial charge < -0.3 is 10.1 Å². The van der Waals surface area contributed by atoms with Crippen molar-refractivity contribution in [1.82, 2.24) is 15.1 Å². The van der Waals surface area contributed by atoms with Gasteiger partial charge in [0.25, 0.3) is 11.5 Å². The van der Waals surface area contributed by atoms with Crippen LogP contribution in [0.5, 0.6) is 0 Å². The molecule has 1 aromatic carbocycles. The van der Waals surface area contributed by atoms with Crippen molar-refractivity contribution < 1.29 is 14.3 Å². The summed E-state index contributed by atoms with van der Waals surface area (Å²) < 4.78 is 6.13. The van der Waals surface area contributed by atoms with Crippen LogP contribution in [0.4, 0.5) is 0 Å². The number of rotatable bonds is 6. The fourth-order valence-corrected chi connectivity index (χ4v) is 2.47. The topological polar surface area (TPSA) is 90.3 Å². The number of amides is 1. The van der Waals surface area contributed by atoms with Crippen LogP contribution in [-0.4, -0.2) is 34.3 Å². The van der Waals surface area contributed by atoms with Gasteiger partial charge in [0.1, 0.15) is 0 Å². The number of carbonyl (C=O) groups is 2. The van der Waals surface area contributed by atoms with Crippen LogP contribution in [0.15, 0.2) is 29.1 Å². The van der Waals surface area contributed by atoms with E-state index in [1.54, 1.807) is 24.3 Å². The maximum absolute atomic E-state index is 12.3. The van der Waals surface area contributed by atoms with Gasteiger partial charge in [-0.15, -0.1) is 0 Å². The van der Waals surface area contributed by atoms with Crippen LogP contribution >= 0.6 is 0 Å². The average Bonchev–Trinajstić information content (AvgIpc) is 2.56. The third-order valence-electron chi connectivity index (χ3n) is 3.61. The molecule has 128 valence electrons. The zero-order valence-corrected chi connectivity index (χ0v) is 14.0. The molecule has 0 aliphatic carbocycles. The Hall–Kier alpha value is -2.70. The highest BCUT2D eigenvalue weighted by Gasteiger charge is 2.18. The van der Waals surface area contributed by atoms with Crippen LogP contribution in [0.25, 0.3) is 10.8 Å². The molecule has 0 saturated carbocycles. The maximum Gasteiger partial charge on any atom is 0.359 e. The molecule has 2 aromatic rings. The first-order valence-corrected chi connectivity index (χ1v) is 7.86. The molecule has 1 N–H and O–H groups in total. The van der Waals surface area contributed by atoms with Gasteiger partial charge >= 0.3 is 5.97 Å². The van der Waals surface area contributed by atoms with Gasteiger partial charge in [0.15, 0.2) is 12.3 Å². The van der Waals surface area contributed by atoms with Gasteiger partial charge in [0.2, 0.25) is 0 Å². The Morgan fingerprint density at radius 2 is 1.96 bits per heavy atom. The number of nitrogens with one attached hydrogen (secondary N) is 1. The summed E-state index contributed by atoms with van der Waals surface area (Å²) in [4.78, 5) is 36.1. The zero-order valence-electron chi connectivity index (χ0n) is 14.0. The molecule has 24 heavy (non-hydrogen) atoms. The minimum Gasteiger partial charge on any atom is -0.451 e. The molecule has 0 radical (unpaired) electrons. The van der Waals surface area contributed by atoms with E-state index in [9.17, 15) is 14.4 Å². The Labute approximate surface area is 139 Å². The number of carbonyl (C=O) groups excluding carboxylic acids is 2. The highest BCUT2D eigenvalue weighted by molar-refractivity contribution is 6.02. The second-order valence-corrected chi connectivity index (χ2v) is 5.66. The summed E-state index contributed by atoms with van der Waals surface area (Å²) in [6, 6.07) is 6.69. The van der Waals surface area contributed by atoms with E-state index >= 15 is 0 Å². The van der Waals surface area contributed by atoms with Gasteiger partial charge in [-0.25, -0.2) is 9.48 Å². The number of benzene rings is 1. The van der Waals surface area contributed by atoms with Gasteiger partial charge in [-0.3, -0.25) is 9.59 Å². The minimum atomic E-state index is -0.736. The van der Waals surface area contributed by atoms with Gasteiger partial charge in [0, 0.05) is 18.5 Å². The molecule has 1 heterocycles. The second-order valence-electron chi connectivity index (χ2n) is 5.66. The minimum absolute atomic E-state index is 0.0158. The Morgan fingerprint density at radius 3 is 2.62 bits per heavy atom. The molecule has 0 aliphatic rings. The Morgan fingerprint density at radius 1 is 1.29 bits per heavy atom. The molecule has 0 spiro atoms. The lowest BCUT2D eigenvalue weighted by Gasteiger charge is -2.13. The second kappa shape index (κ2) is 7.72. The van der Waals surface area contributed by atoms with Crippen molar-refractivity contribution in [3.8, 4) is 0 Å². The summed E-state index contributed by atoms with van der Waals surface area (Å²) in [6.45, 7) is 3.54. The summed E-state index contributed by atoms with van der Waals surface area (Å²) in [5, 5.41) is 7.51. The van der Waals surface area contributed by atoms with Crippen LogP contribution in [0, 0.1) is 0 Å². The summed E-state index contributed by atoms with van der Waals surface area (Å²) in [7, 11) is 1.46. The highest BCUT2D eigenvalue weighted by atomic mass is 16.5. The summed E-state index contributed by atoms with van der Waals surface area (Å²) >= 11 is 0. The van der Waals surface area contributed by atoms with Crippen molar-refractivity contribution >= 4 is 22.6 Å². The standard InChI is InChI=1S/C17H21N3O4/c1-4-7-11(2)18-14(21)10-24-17(23)15-12-8-5-6-9-13(12)16(22)20(3)19-15/h5-6,8-9,11H,4,7,10H2,1-3H3,(H,18,21)/t11-/m0/s1. The number of aryl methyl sites for hydroxylation is 1. The van der Waals surface area contributed by atoms with Crippen LogP contribution in [0.3, 0.4) is 0 Å². The van der Waals surface area contributed by atoms with Crippen molar-refractivity contribution in [2.24, 2.45) is 7.05 Å². The number of aromatic nitrogens is 2. The normalized spacial score (nSPS) is 12.0. The van der Waals surface area contributed by atoms with E-state index in [4.69, 9.17) is 4.74 Å². The zero-order chi connectivity index (χ0) is 17.7. The fraction of sp³-hybridized carbons (Fsp3) is 0.412. The number of nitrogens with zero attached hydrogens (tertiary/aromatic N) is 2. The number of fused-ring (bicyclic) bond motifs is 1. The number of hydrogen-bond donors (Lipinski definition) is 1. The van der Waals surface area contributed by atoms with E-state index in [-0.39, 0.29) is 29.8 Å². The molecule has 0 aliphatic heterocycles. The Bertz CT molecular complexity index is 813. The fourth-order valence-electron chi connectivity index (χ4n) is 2.47. The SMILES string of the molecule is CCC[C@H](C)NC(=O)COC(=O)c1nn(C)c(=O)c2ccccc12. The monoisotopic (exact) mass is 331 g/mol. The van der Waals surface area contributed by atoms with Crippen LogP contribution in [0.2, 0.25) is 0 Å². The third-order valence-corrected chi connectivity index (χ3v) is 3.61. The Kier molecular flexibility index (Phi) is 5.68. The molecule has 0 fully saturated rings.